The fourth-order valence-corrected chi connectivity index (χ4v) is 2.20. The van der Waals surface area contributed by atoms with E-state index < -0.39 is 24.3 Å². The smallest absolute Gasteiger partial charge is 0.422 e. The molecule has 0 amide bonds. The molecule has 0 aliphatic heterocycles. The zero-order chi connectivity index (χ0) is 16.6. The van der Waals surface area contributed by atoms with E-state index in [1.165, 1.54) is 6.07 Å². The van der Waals surface area contributed by atoms with Crippen LogP contribution in [0, 0.1) is 5.82 Å². The predicted octanol–water partition coefficient (Wildman–Crippen LogP) is 3.72. The lowest BCUT2D eigenvalue weighted by molar-refractivity contribution is -0.153. The highest BCUT2D eigenvalue weighted by Gasteiger charge is 2.29. The zero-order valence-corrected chi connectivity index (χ0v) is 11.9. The van der Waals surface area contributed by atoms with Gasteiger partial charge in [0.1, 0.15) is 5.82 Å². The molecule has 120 valence electrons. The Balaban J connectivity index is 1.94. The molecular weight excluding hydrogens is 314 g/mol. The number of ether oxygens (including phenoxy) is 1. The van der Waals surface area contributed by atoms with Crippen LogP contribution in [0.5, 0.6) is 5.75 Å². The number of aryl methyl sites for hydroxylation is 1. The van der Waals surface area contributed by atoms with E-state index in [-0.39, 0.29) is 0 Å². The summed E-state index contributed by atoms with van der Waals surface area (Å²) in [5.74, 6) is -0.880. The van der Waals surface area contributed by atoms with Gasteiger partial charge in [-0.3, -0.25) is 0 Å². The molecule has 8 heteroatoms. The first kappa shape index (κ1) is 15.3. The van der Waals surface area contributed by atoms with Crippen LogP contribution in [0.25, 0.3) is 22.6 Å². The molecule has 0 fully saturated rings. The Bertz CT molecular complexity index is 858. The molecule has 23 heavy (non-hydrogen) atoms. The van der Waals surface area contributed by atoms with E-state index in [4.69, 9.17) is 0 Å². The Labute approximate surface area is 128 Å². The van der Waals surface area contributed by atoms with Crippen LogP contribution in [0.1, 0.15) is 0 Å². The highest BCUT2D eigenvalue weighted by molar-refractivity contribution is 5.77. The van der Waals surface area contributed by atoms with Gasteiger partial charge in [-0.15, -0.1) is 0 Å². The van der Waals surface area contributed by atoms with Crippen molar-refractivity contribution in [2.45, 2.75) is 6.18 Å². The first-order valence-electron chi connectivity index (χ1n) is 6.62. The van der Waals surface area contributed by atoms with Crippen LogP contribution in [0.2, 0.25) is 0 Å². The van der Waals surface area contributed by atoms with Gasteiger partial charge in [0.2, 0.25) is 0 Å². The van der Waals surface area contributed by atoms with E-state index in [1.807, 2.05) is 6.07 Å². The summed E-state index contributed by atoms with van der Waals surface area (Å²) in [7, 11) is 1.75. The molecule has 0 N–H and O–H groups in total. The topological polar surface area (TPSA) is 39.9 Å². The maximum absolute atomic E-state index is 14.0. The number of halogens is 4. The van der Waals surface area contributed by atoms with Crippen molar-refractivity contribution >= 4 is 11.2 Å². The first-order chi connectivity index (χ1) is 10.8. The minimum atomic E-state index is -4.52. The van der Waals surface area contributed by atoms with E-state index in [0.29, 0.717) is 17.0 Å². The molecule has 0 radical (unpaired) electrons. The highest BCUT2D eigenvalue weighted by Crippen LogP contribution is 2.28. The van der Waals surface area contributed by atoms with Crippen molar-refractivity contribution in [3.63, 3.8) is 0 Å². The number of hydrogen-bond donors (Lipinski definition) is 0. The largest absolute Gasteiger partial charge is 0.481 e. The van der Waals surface area contributed by atoms with E-state index in [0.717, 1.165) is 17.6 Å². The van der Waals surface area contributed by atoms with E-state index in [2.05, 4.69) is 14.7 Å². The SMILES string of the molecule is Cn1c(-c2ccc(OCC(F)(F)F)c(F)c2)nc2ncccc21. The first-order valence-corrected chi connectivity index (χ1v) is 6.62. The standard InChI is InChI=1S/C15H11F4N3O/c1-22-11-3-2-6-20-13(11)21-14(22)9-4-5-12(10(16)7-9)23-8-15(17,18)19/h2-7H,8H2,1H3. The van der Waals surface area contributed by atoms with Crippen molar-refractivity contribution in [3.05, 3.63) is 42.3 Å². The van der Waals surface area contributed by atoms with Gasteiger partial charge in [0, 0.05) is 18.8 Å². The maximum Gasteiger partial charge on any atom is 0.422 e. The van der Waals surface area contributed by atoms with Gasteiger partial charge in [-0.25, -0.2) is 14.4 Å². The van der Waals surface area contributed by atoms with Crippen molar-refractivity contribution in [1.82, 2.24) is 14.5 Å². The van der Waals surface area contributed by atoms with Gasteiger partial charge in [-0.1, -0.05) is 0 Å². The van der Waals surface area contributed by atoms with Gasteiger partial charge in [-0.2, -0.15) is 13.2 Å². The Morgan fingerprint density at radius 1 is 1.22 bits per heavy atom. The van der Waals surface area contributed by atoms with Crippen LogP contribution in [0.15, 0.2) is 36.5 Å². The molecule has 0 bridgehead atoms. The molecule has 0 spiro atoms. The van der Waals surface area contributed by atoms with Crippen molar-refractivity contribution in [1.29, 1.82) is 0 Å². The summed E-state index contributed by atoms with van der Waals surface area (Å²) in [5, 5.41) is 0. The fourth-order valence-electron chi connectivity index (χ4n) is 2.20. The Morgan fingerprint density at radius 3 is 2.65 bits per heavy atom. The number of benzene rings is 1. The van der Waals surface area contributed by atoms with Crippen LogP contribution in [-0.4, -0.2) is 27.3 Å². The van der Waals surface area contributed by atoms with Gasteiger partial charge >= 0.3 is 6.18 Å². The van der Waals surface area contributed by atoms with Crippen molar-refractivity contribution in [3.8, 4) is 17.1 Å². The van der Waals surface area contributed by atoms with Crippen LogP contribution in [0.3, 0.4) is 0 Å². The molecule has 3 aromatic rings. The predicted molar refractivity (Wildman–Crippen MR) is 75.5 cm³/mol. The van der Waals surface area contributed by atoms with Crippen LogP contribution in [0.4, 0.5) is 17.6 Å². The molecular formula is C15H11F4N3O. The minimum absolute atomic E-state index is 0.419. The molecule has 4 nitrogen and oxygen atoms in total. The normalized spacial score (nSPS) is 11.9. The summed E-state index contributed by atoms with van der Waals surface area (Å²) in [5.41, 5.74) is 1.69. The van der Waals surface area contributed by atoms with Gasteiger partial charge in [-0.05, 0) is 30.3 Å². The van der Waals surface area contributed by atoms with Gasteiger partial charge in [0.15, 0.2) is 23.8 Å². The third kappa shape index (κ3) is 3.10. The van der Waals surface area contributed by atoms with Gasteiger partial charge in [0.05, 0.1) is 5.52 Å². The molecule has 0 saturated heterocycles. The Morgan fingerprint density at radius 2 is 2.00 bits per heavy atom. The third-order valence-electron chi connectivity index (χ3n) is 3.24. The lowest BCUT2D eigenvalue weighted by atomic mass is 10.2. The molecule has 0 aliphatic rings. The second-order valence-corrected chi connectivity index (χ2v) is 4.89. The monoisotopic (exact) mass is 325 g/mol. The third-order valence-corrected chi connectivity index (χ3v) is 3.24. The fraction of sp³-hybridized carbons (Fsp3) is 0.200. The summed E-state index contributed by atoms with van der Waals surface area (Å²) in [6.07, 6.45) is -2.93. The summed E-state index contributed by atoms with van der Waals surface area (Å²) < 4.78 is 56.5. The average molecular weight is 325 g/mol. The summed E-state index contributed by atoms with van der Waals surface area (Å²) >= 11 is 0. The van der Waals surface area contributed by atoms with Crippen molar-refractivity contribution in [2.75, 3.05) is 6.61 Å². The maximum atomic E-state index is 14.0. The van der Waals surface area contributed by atoms with Crippen molar-refractivity contribution in [2.24, 2.45) is 7.05 Å². The van der Waals surface area contributed by atoms with Crippen LogP contribution >= 0.6 is 0 Å². The van der Waals surface area contributed by atoms with E-state index in [1.54, 1.807) is 23.9 Å². The molecule has 0 aliphatic carbocycles. The number of pyridine rings is 1. The second kappa shape index (κ2) is 5.53. The molecule has 0 saturated carbocycles. The van der Waals surface area contributed by atoms with E-state index >= 15 is 0 Å². The highest BCUT2D eigenvalue weighted by atomic mass is 19.4. The van der Waals surface area contributed by atoms with E-state index in [9.17, 15) is 17.6 Å². The number of aromatic nitrogens is 3. The quantitative estimate of drug-likeness (QED) is 0.689. The summed E-state index contributed by atoms with van der Waals surface area (Å²) in [6.45, 7) is -1.54. The Kier molecular flexibility index (Phi) is 3.67. The van der Waals surface area contributed by atoms with Crippen LogP contribution in [-0.2, 0) is 7.05 Å². The Hall–Kier alpha value is -2.64. The number of nitrogens with zero attached hydrogens (tertiary/aromatic N) is 3. The number of fused-ring (bicyclic) bond motifs is 1. The minimum Gasteiger partial charge on any atom is -0.481 e. The zero-order valence-electron chi connectivity index (χ0n) is 11.9. The average Bonchev–Trinajstić information content (AvgIpc) is 2.83. The molecule has 0 atom stereocenters. The second-order valence-electron chi connectivity index (χ2n) is 4.89. The molecule has 2 aromatic heterocycles. The van der Waals surface area contributed by atoms with Gasteiger partial charge < -0.3 is 9.30 Å². The number of alkyl halides is 3. The summed E-state index contributed by atoms with van der Waals surface area (Å²) in [4.78, 5) is 8.41. The number of rotatable bonds is 3. The molecule has 3 rings (SSSR count). The number of hydrogen-bond acceptors (Lipinski definition) is 3. The van der Waals surface area contributed by atoms with Crippen molar-refractivity contribution < 1.29 is 22.3 Å². The molecule has 1 aromatic carbocycles. The lowest BCUT2D eigenvalue weighted by Gasteiger charge is -2.10. The summed E-state index contributed by atoms with van der Waals surface area (Å²) in [6, 6.07) is 7.27. The number of imidazole rings is 1. The molecule has 0 unspecified atom stereocenters. The molecule has 2 heterocycles. The lowest BCUT2D eigenvalue weighted by Crippen LogP contribution is -2.19. The van der Waals surface area contributed by atoms with Gasteiger partial charge in [0.25, 0.3) is 0 Å². The van der Waals surface area contributed by atoms with Crippen LogP contribution < -0.4 is 4.74 Å².